The zero-order valence-corrected chi connectivity index (χ0v) is 12.1. The lowest BCUT2D eigenvalue weighted by Crippen LogP contribution is -2.59. The van der Waals surface area contributed by atoms with E-state index in [-0.39, 0.29) is 5.54 Å². The number of nitrogens with zero attached hydrogens (tertiary/aromatic N) is 2. The molecule has 5 heteroatoms. The number of hydrogen-bond donors (Lipinski definition) is 1. The highest BCUT2D eigenvalue weighted by Gasteiger charge is 2.34. The Morgan fingerprint density at radius 2 is 1.83 bits per heavy atom. The van der Waals surface area contributed by atoms with E-state index in [1.165, 1.54) is 12.8 Å². The summed E-state index contributed by atoms with van der Waals surface area (Å²) in [6.07, 6.45) is 3.22. The van der Waals surface area contributed by atoms with E-state index < -0.39 is 0 Å². The fourth-order valence-corrected chi connectivity index (χ4v) is 2.50. The van der Waals surface area contributed by atoms with Gasteiger partial charge < -0.3 is 10.6 Å². The van der Waals surface area contributed by atoms with Gasteiger partial charge in [0.25, 0.3) is 0 Å². The summed E-state index contributed by atoms with van der Waals surface area (Å²) in [7, 11) is 0. The summed E-state index contributed by atoms with van der Waals surface area (Å²) >= 11 is 5.11. The van der Waals surface area contributed by atoms with Crippen molar-refractivity contribution in [2.24, 2.45) is 11.7 Å². The lowest BCUT2D eigenvalue weighted by Gasteiger charge is -2.43. The maximum absolute atomic E-state index is 12.0. The zero-order chi connectivity index (χ0) is 13.3. The molecule has 1 aliphatic heterocycles. The van der Waals surface area contributed by atoms with Crippen LogP contribution in [-0.4, -0.2) is 52.4 Å². The Balaban J connectivity index is 1.83. The van der Waals surface area contributed by atoms with Gasteiger partial charge in [-0.25, -0.2) is 0 Å². The molecular weight excluding hydrogens is 246 g/mol. The number of piperazine rings is 1. The molecule has 0 atom stereocenters. The molecule has 4 nitrogen and oxygen atoms in total. The van der Waals surface area contributed by atoms with Gasteiger partial charge in [0.2, 0.25) is 5.91 Å². The van der Waals surface area contributed by atoms with Gasteiger partial charge in [-0.3, -0.25) is 9.69 Å². The minimum absolute atomic E-state index is 0.249. The molecule has 0 aromatic heterocycles. The fraction of sp³-hybridized carbons (Fsp3) is 0.846. The van der Waals surface area contributed by atoms with Crippen molar-refractivity contribution in [1.82, 2.24) is 9.80 Å². The molecule has 0 spiro atoms. The van der Waals surface area contributed by atoms with Gasteiger partial charge in [-0.15, -0.1) is 0 Å². The van der Waals surface area contributed by atoms with Crippen molar-refractivity contribution < 1.29 is 4.79 Å². The molecule has 0 bridgehead atoms. The molecule has 0 aromatic carbocycles. The lowest BCUT2D eigenvalue weighted by molar-refractivity contribution is -0.133. The van der Waals surface area contributed by atoms with E-state index in [1.54, 1.807) is 0 Å². The second-order valence-corrected chi connectivity index (χ2v) is 6.38. The van der Waals surface area contributed by atoms with Gasteiger partial charge in [0, 0.05) is 32.6 Å². The second-order valence-electron chi connectivity index (χ2n) is 5.94. The highest BCUT2D eigenvalue weighted by molar-refractivity contribution is 7.80. The summed E-state index contributed by atoms with van der Waals surface area (Å²) in [6, 6.07) is 0. The molecule has 2 rings (SSSR count). The van der Waals surface area contributed by atoms with Crippen molar-refractivity contribution in [3.8, 4) is 0 Å². The third-order valence-electron chi connectivity index (χ3n) is 4.19. The third-order valence-corrected chi connectivity index (χ3v) is 4.69. The van der Waals surface area contributed by atoms with Crippen LogP contribution in [0.3, 0.4) is 0 Å². The first kappa shape index (κ1) is 13.7. The highest BCUT2D eigenvalue weighted by Crippen LogP contribution is 2.33. The SMILES string of the molecule is CC(C)(C(N)=S)N1CCN(C(=O)CC2CC2)CC1. The molecule has 18 heavy (non-hydrogen) atoms. The number of carbonyl (C=O) groups excluding carboxylic acids is 1. The smallest absolute Gasteiger partial charge is 0.222 e. The molecule has 1 saturated carbocycles. The summed E-state index contributed by atoms with van der Waals surface area (Å²) in [5.74, 6) is 0.994. The van der Waals surface area contributed by atoms with E-state index in [0.29, 0.717) is 16.8 Å². The minimum Gasteiger partial charge on any atom is -0.392 e. The van der Waals surface area contributed by atoms with Gasteiger partial charge >= 0.3 is 0 Å². The molecule has 102 valence electrons. The number of thiocarbonyl (C=S) groups is 1. The Kier molecular flexibility index (Phi) is 3.92. The standard InChI is InChI=1S/C13H23N3OS/c1-13(2,12(14)18)16-7-5-15(6-8-16)11(17)9-10-3-4-10/h10H,3-9H2,1-2H3,(H2,14,18). The van der Waals surface area contributed by atoms with Crippen LogP contribution in [0.1, 0.15) is 33.1 Å². The van der Waals surface area contributed by atoms with Crippen LogP contribution in [-0.2, 0) is 4.79 Å². The van der Waals surface area contributed by atoms with Crippen molar-refractivity contribution >= 4 is 23.1 Å². The van der Waals surface area contributed by atoms with Crippen LogP contribution in [0.4, 0.5) is 0 Å². The van der Waals surface area contributed by atoms with Crippen molar-refractivity contribution in [3.63, 3.8) is 0 Å². The molecule has 1 aliphatic carbocycles. The van der Waals surface area contributed by atoms with Gasteiger partial charge in [0.05, 0.1) is 10.5 Å². The van der Waals surface area contributed by atoms with Crippen molar-refractivity contribution in [2.75, 3.05) is 26.2 Å². The molecular formula is C13H23N3OS. The first-order chi connectivity index (χ1) is 8.41. The molecule has 1 amide bonds. The molecule has 1 saturated heterocycles. The normalized spacial score (nSPS) is 22.0. The van der Waals surface area contributed by atoms with Gasteiger partial charge in [0.1, 0.15) is 0 Å². The van der Waals surface area contributed by atoms with E-state index >= 15 is 0 Å². The predicted molar refractivity (Wildman–Crippen MR) is 76.4 cm³/mol. The van der Waals surface area contributed by atoms with Crippen molar-refractivity contribution in [1.29, 1.82) is 0 Å². The average Bonchev–Trinajstić information content (AvgIpc) is 3.13. The number of hydrogen-bond acceptors (Lipinski definition) is 3. The van der Waals surface area contributed by atoms with Crippen LogP contribution < -0.4 is 5.73 Å². The molecule has 0 radical (unpaired) electrons. The van der Waals surface area contributed by atoms with Crippen molar-refractivity contribution in [2.45, 2.75) is 38.6 Å². The number of carbonyl (C=O) groups is 1. The maximum Gasteiger partial charge on any atom is 0.222 e. The Morgan fingerprint density at radius 1 is 1.28 bits per heavy atom. The van der Waals surface area contributed by atoms with Crippen LogP contribution in [0.25, 0.3) is 0 Å². The van der Waals surface area contributed by atoms with Gasteiger partial charge in [-0.2, -0.15) is 0 Å². The summed E-state index contributed by atoms with van der Waals surface area (Å²) in [4.78, 5) is 16.8. The first-order valence-electron chi connectivity index (χ1n) is 6.74. The van der Waals surface area contributed by atoms with Crippen LogP contribution in [0.15, 0.2) is 0 Å². The largest absolute Gasteiger partial charge is 0.392 e. The Morgan fingerprint density at radius 3 is 2.28 bits per heavy atom. The number of amides is 1. The summed E-state index contributed by atoms with van der Waals surface area (Å²) in [5.41, 5.74) is 5.53. The van der Waals surface area contributed by atoms with Crippen LogP contribution in [0, 0.1) is 5.92 Å². The summed E-state index contributed by atoms with van der Waals surface area (Å²) < 4.78 is 0. The van der Waals surface area contributed by atoms with Crippen molar-refractivity contribution in [3.05, 3.63) is 0 Å². The number of nitrogens with two attached hydrogens (primary N) is 1. The zero-order valence-electron chi connectivity index (χ0n) is 11.3. The molecule has 1 heterocycles. The van der Waals surface area contributed by atoms with Gasteiger partial charge in [0.15, 0.2) is 0 Å². The third kappa shape index (κ3) is 3.01. The first-order valence-corrected chi connectivity index (χ1v) is 7.15. The molecule has 0 aromatic rings. The van der Waals surface area contributed by atoms with E-state index in [2.05, 4.69) is 18.7 Å². The topological polar surface area (TPSA) is 49.6 Å². The van der Waals surface area contributed by atoms with Gasteiger partial charge in [-0.05, 0) is 32.6 Å². The molecule has 0 unspecified atom stereocenters. The second kappa shape index (κ2) is 5.13. The highest BCUT2D eigenvalue weighted by atomic mass is 32.1. The fourth-order valence-electron chi connectivity index (χ4n) is 2.37. The van der Waals surface area contributed by atoms with Crippen LogP contribution >= 0.6 is 12.2 Å². The van der Waals surface area contributed by atoms with E-state index in [1.807, 2.05) is 4.90 Å². The Hall–Kier alpha value is -0.680. The van der Waals surface area contributed by atoms with E-state index in [9.17, 15) is 4.79 Å². The maximum atomic E-state index is 12.0. The summed E-state index contributed by atoms with van der Waals surface area (Å²) in [6.45, 7) is 7.44. The monoisotopic (exact) mass is 269 g/mol. The van der Waals surface area contributed by atoms with Crippen LogP contribution in [0.2, 0.25) is 0 Å². The Labute approximate surface area is 114 Å². The summed E-state index contributed by atoms with van der Waals surface area (Å²) in [5, 5.41) is 0. The lowest BCUT2D eigenvalue weighted by atomic mass is 10.0. The molecule has 2 aliphatic rings. The van der Waals surface area contributed by atoms with E-state index in [4.69, 9.17) is 18.0 Å². The Bertz CT molecular complexity index is 344. The minimum atomic E-state index is -0.249. The predicted octanol–water partition coefficient (Wildman–Crippen LogP) is 0.995. The van der Waals surface area contributed by atoms with Gasteiger partial charge in [-0.1, -0.05) is 12.2 Å². The number of rotatable bonds is 4. The molecule has 2 fully saturated rings. The van der Waals surface area contributed by atoms with E-state index in [0.717, 1.165) is 32.6 Å². The van der Waals surface area contributed by atoms with Crippen LogP contribution in [0.5, 0.6) is 0 Å². The quantitative estimate of drug-likeness (QED) is 0.774. The molecule has 2 N–H and O–H groups in total. The average molecular weight is 269 g/mol.